The molecular formula is C15H14O3S. The van der Waals surface area contributed by atoms with E-state index in [-0.39, 0.29) is 6.61 Å². The quantitative estimate of drug-likeness (QED) is 0.816. The summed E-state index contributed by atoms with van der Waals surface area (Å²) in [5.41, 5.74) is 1.75. The average Bonchev–Trinajstić information content (AvgIpc) is 2.86. The van der Waals surface area contributed by atoms with Crippen molar-refractivity contribution < 1.29 is 14.6 Å². The van der Waals surface area contributed by atoms with Crippen molar-refractivity contribution in [3.8, 4) is 5.75 Å². The second-order valence-electron chi connectivity index (χ2n) is 3.97. The number of allylic oxidation sites excluding steroid dienone is 1. The van der Waals surface area contributed by atoms with Crippen molar-refractivity contribution in [3.63, 3.8) is 0 Å². The molecule has 0 radical (unpaired) electrons. The molecule has 0 bridgehead atoms. The van der Waals surface area contributed by atoms with Gasteiger partial charge in [0.2, 0.25) is 0 Å². The molecule has 0 atom stereocenters. The summed E-state index contributed by atoms with van der Waals surface area (Å²) in [6.45, 7) is 3.98. The number of para-hydroxylation sites is 1. The Morgan fingerprint density at radius 1 is 1.32 bits per heavy atom. The Bertz CT molecular complexity index is 587. The topological polar surface area (TPSA) is 46.5 Å². The fraction of sp³-hybridized carbons (Fsp3) is 0.133. The molecule has 98 valence electrons. The Morgan fingerprint density at radius 3 is 2.84 bits per heavy atom. The SMILES string of the molecule is C=CCc1ccccc1OCc1ccsc1C(=O)O. The summed E-state index contributed by atoms with van der Waals surface area (Å²) in [5, 5.41) is 10.8. The van der Waals surface area contributed by atoms with Gasteiger partial charge in [0, 0.05) is 5.56 Å². The highest BCUT2D eigenvalue weighted by Crippen LogP contribution is 2.23. The molecule has 0 saturated heterocycles. The second kappa shape index (κ2) is 6.20. The van der Waals surface area contributed by atoms with Gasteiger partial charge in [-0.3, -0.25) is 0 Å². The van der Waals surface area contributed by atoms with Crippen LogP contribution in [-0.4, -0.2) is 11.1 Å². The highest BCUT2D eigenvalue weighted by Gasteiger charge is 2.12. The molecule has 3 nitrogen and oxygen atoms in total. The molecule has 1 heterocycles. The van der Waals surface area contributed by atoms with Gasteiger partial charge in [0.05, 0.1) is 0 Å². The van der Waals surface area contributed by atoms with E-state index in [0.717, 1.165) is 17.7 Å². The van der Waals surface area contributed by atoms with E-state index in [2.05, 4.69) is 6.58 Å². The van der Waals surface area contributed by atoms with Crippen LogP contribution in [-0.2, 0) is 13.0 Å². The van der Waals surface area contributed by atoms with Gasteiger partial charge >= 0.3 is 5.97 Å². The average molecular weight is 274 g/mol. The van der Waals surface area contributed by atoms with Crippen LogP contribution in [0.15, 0.2) is 48.4 Å². The molecular weight excluding hydrogens is 260 g/mol. The van der Waals surface area contributed by atoms with Gasteiger partial charge in [0.1, 0.15) is 17.2 Å². The Morgan fingerprint density at radius 2 is 2.11 bits per heavy atom. The third-order valence-electron chi connectivity index (χ3n) is 2.66. The summed E-state index contributed by atoms with van der Waals surface area (Å²) < 4.78 is 5.72. The number of thiophene rings is 1. The summed E-state index contributed by atoms with van der Waals surface area (Å²) in [6.07, 6.45) is 2.54. The standard InChI is InChI=1S/C15H14O3S/c1-2-5-11-6-3-4-7-13(11)18-10-12-8-9-19-14(12)15(16)17/h2-4,6-9H,1,5,10H2,(H,16,17). The minimum Gasteiger partial charge on any atom is -0.489 e. The third kappa shape index (κ3) is 3.23. The molecule has 0 aliphatic heterocycles. The number of carbonyl (C=O) groups is 1. The van der Waals surface area contributed by atoms with Crippen LogP contribution >= 0.6 is 11.3 Å². The Labute approximate surface area is 115 Å². The van der Waals surface area contributed by atoms with E-state index in [1.54, 1.807) is 11.4 Å². The zero-order valence-corrected chi connectivity index (χ0v) is 11.2. The van der Waals surface area contributed by atoms with Crippen LogP contribution in [0.5, 0.6) is 5.75 Å². The van der Waals surface area contributed by atoms with Crippen molar-refractivity contribution in [2.45, 2.75) is 13.0 Å². The molecule has 1 N–H and O–H groups in total. The minimum absolute atomic E-state index is 0.263. The molecule has 1 aromatic carbocycles. The van der Waals surface area contributed by atoms with Gasteiger partial charge in [-0.25, -0.2) is 4.79 Å². The molecule has 4 heteroatoms. The van der Waals surface area contributed by atoms with Crippen molar-refractivity contribution in [1.82, 2.24) is 0 Å². The predicted molar refractivity (Wildman–Crippen MR) is 76.0 cm³/mol. The molecule has 2 aromatic rings. The lowest BCUT2D eigenvalue weighted by Gasteiger charge is -2.10. The lowest BCUT2D eigenvalue weighted by atomic mass is 10.1. The summed E-state index contributed by atoms with van der Waals surface area (Å²) in [6, 6.07) is 9.48. The maximum Gasteiger partial charge on any atom is 0.346 e. The first-order valence-electron chi connectivity index (χ1n) is 5.83. The molecule has 0 aliphatic carbocycles. The predicted octanol–water partition coefficient (Wildman–Crippen LogP) is 3.75. The molecule has 0 unspecified atom stereocenters. The van der Waals surface area contributed by atoms with Crippen molar-refractivity contribution in [2.24, 2.45) is 0 Å². The fourth-order valence-electron chi connectivity index (χ4n) is 1.76. The van der Waals surface area contributed by atoms with E-state index in [1.165, 1.54) is 11.3 Å². The molecule has 19 heavy (non-hydrogen) atoms. The van der Waals surface area contributed by atoms with E-state index in [1.807, 2.05) is 30.3 Å². The van der Waals surface area contributed by atoms with Crippen LogP contribution in [0.2, 0.25) is 0 Å². The van der Waals surface area contributed by atoms with E-state index in [4.69, 9.17) is 9.84 Å². The monoisotopic (exact) mass is 274 g/mol. The van der Waals surface area contributed by atoms with Gasteiger partial charge in [0.15, 0.2) is 0 Å². The minimum atomic E-state index is -0.909. The number of hydrogen-bond donors (Lipinski definition) is 1. The summed E-state index contributed by atoms with van der Waals surface area (Å²) in [5.74, 6) is -0.141. The van der Waals surface area contributed by atoms with E-state index in [9.17, 15) is 4.79 Å². The van der Waals surface area contributed by atoms with Crippen molar-refractivity contribution in [3.05, 3.63) is 64.4 Å². The number of hydrogen-bond acceptors (Lipinski definition) is 3. The molecule has 0 fully saturated rings. The zero-order valence-electron chi connectivity index (χ0n) is 10.3. The van der Waals surface area contributed by atoms with Crippen molar-refractivity contribution in [1.29, 1.82) is 0 Å². The molecule has 0 saturated carbocycles. The van der Waals surface area contributed by atoms with Crippen LogP contribution < -0.4 is 4.74 Å². The highest BCUT2D eigenvalue weighted by molar-refractivity contribution is 7.12. The van der Waals surface area contributed by atoms with Gasteiger partial charge in [-0.1, -0.05) is 24.3 Å². The number of carboxylic acids is 1. The molecule has 0 amide bonds. The number of aromatic carboxylic acids is 1. The first-order chi connectivity index (χ1) is 9.22. The van der Waals surface area contributed by atoms with Gasteiger partial charge in [-0.2, -0.15) is 0 Å². The van der Waals surface area contributed by atoms with Gasteiger partial charge in [-0.15, -0.1) is 17.9 Å². The Hall–Kier alpha value is -2.07. The van der Waals surface area contributed by atoms with E-state index < -0.39 is 5.97 Å². The van der Waals surface area contributed by atoms with E-state index >= 15 is 0 Å². The van der Waals surface area contributed by atoms with Crippen molar-refractivity contribution >= 4 is 17.3 Å². The molecule has 1 aromatic heterocycles. The van der Waals surface area contributed by atoms with E-state index in [0.29, 0.717) is 10.4 Å². The number of benzene rings is 1. The van der Waals surface area contributed by atoms with Gasteiger partial charge in [-0.05, 0) is 29.5 Å². The number of ether oxygens (including phenoxy) is 1. The summed E-state index contributed by atoms with van der Waals surface area (Å²) >= 11 is 1.21. The second-order valence-corrected chi connectivity index (χ2v) is 4.89. The van der Waals surface area contributed by atoms with Crippen LogP contribution in [0.4, 0.5) is 0 Å². The van der Waals surface area contributed by atoms with Gasteiger partial charge < -0.3 is 9.84 Å². The molecule has 0 spiro atoms. The first-order valence-corrected chi connectivity index (χ1v) is 6.71. The Balaban J connectivity index is 2.12. The van der Waals surface area contributed by atoms with Crippen LogP contribution in [0.1, 0.15) is 20.8 Å². The summed E-state index contributed by atoms with van der Waals surface area (Å²) in [4.78, 5) is 11.3. The third-order valence-corrected chi connectivity index (χ3v) is 3.61. The number of carboxylic acid groups (broad SMARTS) is 1. The zero-order chi connectivity index (χ0) is 13.7. The van der Waals surface area contributed by atoms with Crippen molar-refractivity contribution in [2.75, 3.05) is 0 Å². The lowest BCUT2D eigenvalue weighted by molar-refractivity contribution is 0.0699. The van der Waals surface area contributed by atoms with Crippen LogP contribution in [0.25, 0.3) is 0 Å². The largest absolute Gasteiger partial charge is 0.489 e. The fourth-order valence-corrected chi connectivity index (χ4v) is 2.51. The smallest absolute Gasteiger partial charge is 0.346 e. The normalized spacial score (nSPS) is 10.1. The van der Waals surface area contributed by atoms with Crippen LogP contribution in [0.3, 0.4) is 0 Å². The summed E-state index contributed by atoms with van der Waals surface area (Å²) in [7, 11) is 0. The Kier molecular flexibility index (Phi) is 4.36. The van der Waals surface area contributed by atoms with Gasteiger partial charge in [0.25, 0.3) is 0 Å². The molecule has 2 rings (SSSR count). The first kappa shape index (κ1) is 13.4. The highest BCUT2D eigenvalue weighted by atomic mass is 32.1. The maximum atomic E-state index is 11.0. The molecule has 0 aliphatic rings. The lowest BCUT2D eigenvalue weighted by Crippen LogP contribution is -2.02. The van der Waals surface area contributed by atoms with Crippen LogP contribution in [0, 0.1) is 0 Å². The maximum absolute atomic E-state index is 11.0. The number of rotatable bonds is 6.